The Morgan fingerprint density at radius 1 is 0.885 bits per heavy atom. The summed E-state index contributed by atoms with van der Waals surface area (Å²) in [4.78, 5) is 9.00. The minimum Gasteiger partial charge on any atom is -0.496 e. The van der Waals surface area contributed by atoms with Crippen LogP contribution in [0.2, 0.25) is 0 Å². The molecule has 0 radical (unpaired) electrons. The van der Waals surface area contributed by atoms with E-state index in [0.717, 1.165) is 28.6 Å². The van der Waals surface area contributed by atoms with Crippen LogP contribution in [0.4, 0.5) is 17.3 Å². The van der Waals surface area contributed by atoms with Crippen LogP contribution in [0.3, 0.4) is 0 Å². The number of anilines is 3. The molecule has 134 valence electrons. The van der Waals surface area contributed by atoms with Gasteiger partial charge in [-0.1, -0.05) is 36.4 Å². The average Bonchev–Trinajstić information content (AvgIpc) is 2.63. The summed E-state index contributed by atoms with van der Waals surface area (Å²) in [6, 6.07) is 16.1. The Hall–Kier alpha value is -3.08. The predicted octanol–water partition coefficient (Wildman–Crippen LogP) is 4.77. The molecular weight excluding hydrogens is 324 g/mol. The number of nitrogens with one attached hydrogen (secondary N) is 2. The average molecular weight is 348 g/mol. The zero-order valence-corrected chi connectivity index (χ0v) is 15.6. The largest absolute Gasteiger partial charge is 0.496 e. The maximum absolute atomic E-state index is 5.40. The fourth-order valence-electron chi connectivity index (χ4n) is 2.90. The minimum atomic E-state index is 0.628. The maximum atomic E-state index is 5.40. The molecule has 0 saturated carbocycles. The first kappa shape index (κ1) is 17.7. The van der Waals surface area contributed by atoms with Crippen molar-refractivity contribution in [2.45, 2.75) is 27.3 Å². The van der Waals surface area contributed by atoms with Crippen LogP contribution >= 0.6 is 0 Å². The van der Waals surface area contributed by atoms with Gasteiger partial charge in [0.05, 0.1) is 7.11 Å². The third-order valence-electron chi connectivity index (χ3n) is 4.22. The molecule has 5 heteroatoms. The van der Waals surface area contributed by atoms with E-state index in [2.05, 4.69) is 52.6 Å². The molecule has 1 heterocycles. The van der Waals surface area contributed by atoms with Crippen LogP contribution < -0.4 is 15.4 Å². The Morgan fingerprint density at radius 3 is 2.31 bits per heavy atom. The molecule has 0 spiro atoms. The summed E-state index contributed by atoms with van der Waals surface area (Å²) in [5.74, 6) is 3.12. The second kappa shape index (κ2) is 7.87. The number of para-hydroxylation sites is 2. The Labute approximate surface area is 154 Å². The maximum Gasteiger partial charge on any atom is 0.136 e. The molecule has 1 aromatic heterocycles. The van der Waals surface area contributed by atoms with Crippen LogP contribution in [0.25, 0.3) is 0 Å². The Kier molecular flexibility index (Phi) is 5.37. The molecule has 3 aromatic rings. The van der Waals surface area contributed by atoms with Crippen LogP contribution in [0, 0.1) is 20.8 Å². The fourth-order valence-corrected chi connectivity index (χ4v) is 2.90. The van der Waals surface area contributed by atoms with Gasteiger partial charge in [-0.3, -0.25) is 0 Å². The minimum absolute atomic E-state index is 0.628. The predicted molar refractivity (Wildman–Crippen MR) is 106 cm³/mol. The summed E-state index contributed by atoms with van der Waals surface area (Å²) in [5, 5.41) is 6.79. The van der Waals surface area contributed by atoms with Crippen molar-refractivity contribution in [3.05, 3.63) is 71.0 Å². The highest BCUT2D eigenvalue weighted by molar-refractivity contribution is 5.65. The summed E-state index contributed by atoms with van der Waals surface area (Å²) in [6.45, 7) is 6.70. The molecule has 0 aliphatic rings. The summed E-state index contributed by atoms with van der Waals surface area (Å²) >= 11 is 0. The molecule has 0 aliphatic heterocycles. The lowest BCUT2D eigenvalue weighted by atomic mass is 10.1. The quantitative estimate of drug-likeness (QED) is 0.672. The highest BCUT2D eigenvalue weighted by atomic mass is 16.5. The summed E-state index contributed by atoms with van der Waals surface area (Å²) in [7, 11) is 1.68. The molecule has 0 fully saturated rings. The first-order valence-corrected chi connectivity index (χ1v) is 8.61. The number of benzene rings is 2. The van der Waals surface area contributed by atoms with Crippen molar-refractivity contribution in [2.75, 3.05) is 17.7 Å². The number of nitrogens with zero attached hydrogens (tertiary/aromatic N) is 2. The van der Waals surface area contributed by atoms with Crippen molar-refractivity contribution in [2.24, 2.45) is 0 Å². The SMILES string of the molecule is COc1ccccc1CNc1cc(Nc2c(C)cccc2C)nc(C)n1. The van der Waals surface area contributed by atoms with E-state index in [1.807, 2.05) is 37.3 Å². The van der Waals surface area contributed by atoms with Gasteiger partial charge in [0.15, 0.2) is 0 Å². The summed E-state index contributed by atoms with van der Waals surface area (Å²) < 4.78 is 5.40. The van der Waals surface area contributed by atoms with E-state index in [1.54, 1.807) is 7.11 Å². The first-order chi connectivity index (χ1) is 12.6. The van der Waals surface area contributed by atoms with Gasteiger partial charge >= 0.3 is 0 Å². The Bertz CT molecular complexity index is 888. The lowest BCUT2D eigenvalue weighted by Crippen LogP contribution is -2.06. The van der Waals surface area contributed by atoms with Gasteiger partial charge in [-0.2, -0.15) is 0 Å². The molecule has 2 aromatic carbocycles. The van der Waals surface area contributed by atoms with Gasteiger partial charge in [0, 0.05) is 23.9 Å². The number of aromatic nitrogens is 2. The highest BCUT2D eigenvalue weighted by Gasteiger charge is 2.07. The van der Waals surface area contributed by atoms with Gasteiger partial charge in [0.2, 0.25) is 0 Å². The summed E-state index contributed by atoms with van der Waals surface area (Å²) in [6.07, 6.45) is 0. The van der Waals surface area contributed by atoms with E-state index >= 15 is 0 Å². The molecule has 3 rings (SSSR count). The van der Waals surface area contributed by atoms with Gasteiger partial charge in [0.1, 0.15) is 23.2 Å². The van der Waals surface area contributed by atoms with Gasteiger partial charge < -0.3 is 15.4 Å². The normalized spacial score (nSPS) is 10.5. The van der Waals surface area contributed by atoms with Crippen LogP contribution in [0.5, 0.6) is 5.75 Å². The molecule has 0 atom stereocenters. The van der Waals surface area contributed by atoms with Crippen molar-refractivity contribution in [3.8, 4) is 5.75 Å². The van der Waals surface area contributed by atoms with Gasteiger partial charge in [-0.15, -0.1) is 0 Å². The van der Waals surface area contributed by atoms with Crippen LogP contribution in [0.1, 0.15) is 22.5 Å². The number of methoxy groups -OCH3 is 1. The van der Waals surface area contributed by atoms with Crippen molar-refractivity contribution >= 4 is 17.3 Å². The van der Waals surface area contributed by atoms with Gasteiger partial charge in [-0.05, 0) is 38.0 Å². The fraction of sp³-hybridized carbons (Fsp3) is 0.238. The standard InChI is InChI=1S/C21H24N4O/c1-14-8-7-9-15(2)21(14)25-20-12-19(23-16(3)24-20)22-13-17-10-5-6-11-18(17)26-4/h5-12H,13H2,1-4H3,(H2,22,23,24,25). The molecule has 0 aliphatic carbocycles. The lowest BCUT2D eigenvalue weighted by molar-refractivity contribution is 0.410. The van der Waals surface area contributed by atoms with Crippen molar-refractivity contribution in [3.63, 3.8) is 0 Å². The van der Waals surface area contributed by atoms with E-state index in [4.69, 9.17) is 4.74 Å². The van der Waals surface area contributed by atoms with E-state index in [9.17, 15) is 0 Å². The molecular formula is C21H24N4O. The Balaban J connectivity index is 1.79. The molecule has 5 nitrogen and oxygen atoms in total. The molecule has 26 heavy (non-hydrogen) atoms. The van der Waals surface area contributed by atoms with Crippen LogP contribution in [0.15, 0.2) is 48.5 Å². The number of ether oxygens (including phenoxy) is 1. The van der Waals surface area contributed by atoms with E-state index in [-0.39, 0.29) is 0 Å². The second-order valence-corrected chi connectivity index (χ2v) is 6.24. The molecule has 0 bridgehead atoms. The third kappa shape index (κ3) is 4.11. The smallest absolute Gasteiger partial charge is 0.136 e. The second-order valence-electron chi connectivity index (χ2n) is 6.24. The lowest BCUT2D eigenvalue weighted by Gasteiger charge is -2.14. The van der Waals surface area contributed by atoms with Gasteiger partial charge in [0.25, 0.3) is 0 Å². The molecule has 2 N–H and O–H groups in total. The monoisotopic (exact) mass is 348 g/mol. The first-order valence-electron chi connectivity index (χ1n) is 8.61. The van der Waals surface area contributed by atoms with Crippen molar-refractivity contribution in [1.29, 1.82) is 0 Å². The number of aryl methyl sites for hydroxylation is 3. The van der Waals surface area contributed by atoms with E-state index in [1.165, 1.54) is 11.1 Å². The number of hydrogen-bond donors (Lipinski definition) is 2. The molecule has 0 unspecified atom stereocenters. The van der Waals surface area contributed by atoms with Crippen LogP contribution in [-0.2, 0) is 6.54 Å². The number of hydrogen-bond acceptors (Lipinski definition) is 5. The van der Waals surface area contributed by atoms with E-state index in [0.29, 0.717) is 12.4 Å². The third-order valence-corrected chi connectivity index (χ3v) is 4.22. The van der Waals surface area contributed by atoms with Crippen LogP contribution in [-0.4, -0.2) is 17.1 Å². The summed E-state index contributed by atoms with van der Waals surface area (Å²) in [5.41, 5.74) is 4.53. The zero-order chi connectivity index (χ0) is 18.5. The van der Waals surface area contributed by atoms with E-state index < -0.39 is 0 Å². The zero-order valence-electron chi connectivity index (χ0n) is 15.6. The molecule has 0 saturated heterocycles. The van der Waals surface area contributed by atoms with Crippen molar-refractivity contribution in [1.82, 2.24) is 9.97 Å². The Morgan fingerprint density at radius 2 is 1.58 bits per heavy atom. The molecule has 0 amide bonds. The topological polar surface area (TPSA) is 59.1 Å². The highest BCUT2D eigenvalue weighted by Crippen LogP contribution is 2.25. The number of rotatable bonds is 6. The van der Waals surface area contributed by atoms with Crippen molar-refractivity contribution < 1.29 is 4.74 Å². The van der Waals surface area contributed by atoms with Gasteiger partial charge in [-0.25, -0.2) is 9.97 Å².